The van der Waals surface area contributed by atoms with Crippen molar-refractivity contribution in [1.29, 1.82) is 5.26 Å². The molecule has 7 nitrogen and oxygen atoms in total. The van der Waals surface area contributed by atoms with E-state index in [4.69, 9.17) is 4.74 Å². The molecule has 26 heavy (non-hydrogen) atoms. The third kappa shape index (κ3) is 3.18. The molecule has 1 saturated heterocycles. The number of anilines is 1. The van der Waals surface area contributed by atoms with E-state index in [2.05, 4.69) is 21.8 Å². The van der Waals surface area contributed by atoms with E-state index < -0.39 is 11.2 Å². The van der Waals surface area contributed by atoms with Crippen LogP contribution in [-0.2, 0) is 10.3 Å². The fraction of sp³-hybridized carbons (Fsp3) is 0.526. The van der Waals surface area contributed by atoms with Gasteiger partial charge in [-0.15, -0.1) is 0 Å². The van der Waals surface area contributed by atoms with E-state index in [1.807, 2.05) is 6.07 Å². The molecule has 0 radical (unpaired) electrons. The van der Waals surface area contributed by atoms with E-state index in [1.54, 1.807) is 27.0 Å². The molecule has 0 aromatic carbocycles. The second kappa shape index (κ2) is 6.38. The van der Waals surface area contributed by atoms with Crippen molar-refractivity contribution < 1.29 is 9.84 Å². The Kier molecular flexibility index (Phi) is 4.51. The van der Waals surface area contributed by atoms with Gasteiger partial charge >= 0.3 is 0 Å². The van der Waals surface area contributed by atoms with Crippen LogP contribution in [0, 0.1) is 11.3 Å². The van der Waals surface area contributed by atoms with Crippen molar-refractivity contribution in [2.24, 2.45) is 0 Å². The number of hydrogen-bond donors (Lipinski definition) is 2. The summed E-state index contributed by atoms with van der Waals surface area (Å²) in [4.78, 5) is 21.4. The summed E-state index contributed by atoms with van der Waals surface area (Å²) >= 11 is 0. The van der Waals surface area contributed by atoms with Gasteiger partial charge in [-0.25, -0.2) is 0 Å². The Balaban J connectivity index is 2.19. The molecule has 0 spiro atoms. The molecule has 2 aromatic rings. The maximum atomic E-state index is 12.4. The summed E-state index contributed by atoms with van der Waals surface area (Å²) in [6, 6.07) is 3.80. The average Bonchev–Trinajstić information content (AvgIpc) is 2.60. The number of rotatable bonds is 3. The predicted molar refractivity (Wildman–Crippen MR) is 99.2 cm³/mol. The molecule has 2 aromatic heterocycles. The van der Waals surface area contributed by atoms with Crippen LogP contribution in [0.4, 0.5) is 5.69 Å². The fourth-order valence-electron chi connectivity index (χ4n) is 3.35. The van der Waals surface area contributed by atoms with Crippen molar-refractivity contribution in [2.75, 3.05) is 25.1 Å². The van der Waals surface area contributed by atoms with Crippen molar-refractivity contribution in [3.8, 4) is 6.07 Å². The summed E-state index contributed by atoms with van der Waals surface area (Å²) in [7, 11) is 1.71. The number of nitrogens with zero attached hydrogens (tertiary/aromatic N) is 3. The first kappa shape index (κ1) is 18.4. The first-order valence-corrected chi connectivity index (χ1v) is 8.67. The third-order valence-electron chi connectivity index (χ3n) is 5.24. The van der Waals surface area contributed by atoms with Gasteiger partial charge in [0.15, 0.2) is 0 Å². The number of methoxy groups -OCH3 is 1. The molecule has 3 rings (SSSR count). The Morgan fingerprint density at radius 3 is 2.62 bits per heavy atom. The minimum atomic E-state index is -1.12. The SMILES string of the molecule is COC1(C)CCN(c2c(C#N)c(=O)[nH]c3cnc(C(C)(C)O)cc23)CC1. The lowest BCUT2D eigenvalue weighted by Gasteiger charge is -2.40. The number of ether oxygens (including phenoxy) is 1. The Bertz CT molecular complexity index is 929. The summed E-state index contributed by atoms with van der Waals surface area (Å²) in [5.74, 6) is 0. The zero-order chi connectivity index (χ0) is 19.1. The minimum Gasteiger partial charge on any atom is -0.384 e. The van der Waals surface area contributed by atoms with Gasteiger partial charge in [-0.2, -0.15) is 5.26 Å². The van der Waals surface area contributed by atoms with Crippen LogP contribution in [-0.4, -0.2) is 40.9 Å². The highest BCUT2D eigenvalue weighted by atomic mass is 16.5. The van der Waals surface area contributed by atoms with Gasteiger partial charge in [0.25, 0.3) is 5.56 Å². The Morgan fingerprint density at radius 1 is 1.42 bits per heavy atom. The normalized spacial score (nSPS) is 17.3. The van der Waals surface area contributed by atoms with E-state index in [-0.39, 0.29) is 11.2 Å². The minimum absolute atomic E-state index is 0.0893. The van der Waals surface area contributed by atoms with Gasteiger partial charge in [0, 0.05) is 25.6 Å². The Labute approximate surface area is 152 Å². The highest BCUT2D eigenvalue weighted by Crippen LogP contribution is 2.34. The Hall–Kier alpha value is -2.43. The van der Waals surface area contributed by atoms with Crippen molar-refractivity contribution in [3.05, 3.63) is 33.9 Å². The van der Waals surface area contributed by atoms with Crippen molar-refractivity contribution >= 4 is 16.6 Å². The predicted octanol–water partition coefficient (Wildman–Crippen LogP) is 2.03. The summed E-state index contributed by atoms with van der Waals surface area (Å²) in [5.41, 5.74) is 0.00000806. The molecule has 0 atom stereocenters. The van der Waals surface area contributed by atoms with Crippen LogP contribution >= 0.6 is 0 Å². The van der Waals surface area contributed by atoms with Crippen LogP contribution in [0.1, 0.15) is 44.9 Å². The molecule has 0 aliphatic carbocycles. The third-order valence-corrected chi connectivity index (χ3v) is 5.24. The summed E-state index contributed by atoms with van der Waals surface area (Å²) in [5, 5.41) is 20.6. The topological polar surface area (TPSA) is 102 Å². The molecule has 0 bridgehead atoms. The lowest BCUT2D eigenvalue weighted by Crippen LogP contribution is -2.44. The quantitative estimate of drug-likeness (QED) is 0.872. The van der Waals surface area contributed by atoms with Crippen LogP contribution in [0.3, 0.4) is 0 Å². The number of H-pyrrole nitrogens is 1. The zero-order valence-electron chi connectivity index (χ0n) is 15.6. The number of nitrogens with one attached hydrogen (secondary N) is 1. The van der Waals surface area contributed by atoms with Crippen LogP contribution < -0.4 is 10.5 Å². The summed E-state index contributed by atoms with van der Waals surface area (Å²) in [6.07, 6.45) is 3.14. The largest absolute Gasteiger partial charge is 0.384 e. The molecule has 1 aliphatic rings. The molecule has 2 N–H and O–H groups in total. The number of aromatic nitrogens is 2. The molecule has 7 heteroatoms. The fourth-order valence-corrected chi connectivity index (χ4v) is 3.35. The number of aromatic amines is 1. The lowest BCUT2D eigenvalue weighted by atomic mass is 9.92. The maximum Gasteiger partial charge on any atom is 0.268 e. The van der Waals surface area contributed by atoms with E-state index in [0.29, 0.717) is 35.4 Å². The second-order valence-electron chi connectivity index (χ2n) is 7.60. The number of piperidine rings is 1. The van der Waals surface area contributed by atoms with Crippen LogP contribution in [0.2, 0.25) is 0 Å². The van der Waals surface area contributed by atoms with Crippen LogP contribution in [0.5, 0.6) is 0 Å². The second-order valence-corrected chi connectivity index (χ2v) is 7.60. The van der Waals surface area contributed by atoms with Gasteiger partial charge in [-0.05, 0) is 39.7 Å². The van der Waals surface area contributed by atoms with E-state index in [1.165, 1.54) is 6.20 Å². The van der Waals surface area contributed by atoms with Crippen molar-refractivity contribution in [1.82, 2.24) is 9.97 Å². The van der Waals surface area contributed by atoms with E-state index in [0.717, 1.165) is 12.8 Å². The molecule has 1 aliphatic heterocycles. The summed E-state index contributed by atoms with van der Waals surface area (Å²) in [6.45, 7) is 6.74. The van der Waals surface area contributed by atoms with Gasteiger partial charge in [0.05, 0.1) is 28.7 Å². The van der Waals surface area contributed by atoms with Gasteiger partial charge in [0.1, 0.15) is 17.2 Å². The number of pyridine rings is 2. The molecular formula is C19H24N4O3. The maximum absolute atomic E-state index is 12.4. The number of hydrogen-bond acceptors (Lipinski definition) is 6. The number of aliphatic hydroxyl groups is 1. The molecular weight excluding hydrogens is 332 g/mol. The molecule has 0 unspecified atom stereocenters. The van der Waals surface area contributed by atoms with Crippen molar-refractivity contribution in [2.45, 2.75) is 44.8 Å². The molecule has 1 fully saturated rings. The standard InChI is InChI=1S/C19H24N4O3/c1-18(2,25)15-9-12-14(11-21-15)22-17(24)13(10-20)16(12)23-7-5-19(3,26-4)6-8-23/h9,11,25H,5-8H2,1-4H3,(H,22,24). The first-order chi connectivity index (χ1) is 12.2. The monoisotopic (exact) mass is 356 g/mol. The highest BCUT2D eigenvalue weighted by Gasteiger charge is 2.32. The van der Waals surface area contributed by atoms with E-state index >= 15 is 0 Å². The number of nitriles is 1. The Morgan fingerprint density at radius 2 is 2.08 bits per heavy atom. The highest BCUT2D eigenvalue weighted by molar-refractivity contribution is 5.94. The molecule has 0 saturated carbocycles. The zero-order valence-corrected chi connectivity index (χ0v) is 15.6. The van der Waals surface area contributed by atoms with Gasteiger partial charge < -0.3 is 19.7 Å². The van der Waals surface area contributed by atoms with Crippen LogP contribution in [0.15, 0.2) is 17.1 Å². The van der Waals surface area contributed by atoms with Crippen molar-refractivity contribution in [3.63, 3.8) is 0 Å². The smallest absolute Gasteiger partial charge is 0.268 e. The molecule has 0 amide bonds. The molecule has 3 heterocycles. The lowest BCUT2D eigenvalue weighted by molar-refractivity contribution is -0.0132. The van der Waals surface area contributed by atoms with Crippen LogP contribution in [0.25, 0.3) is 10.9 Å². The molecule has 138 valence electrons. The van der Waals surface area contributed by atoms with Gasteiger partial charge in [0.2, 0.25) is 0 Å². The average molecular weight is 356 g/mol. The first-order valence-electron chi connectivity index (χ1n) is 8.67. The summed E-state index contributed by atoms with van der Waals surface area (Å²) < 4.78 is 5.59. The number of fused-ring (bicyclic) bond motifs is 1. The van der Waals surface area contributed by atoms with Gasteiger partial charge in [-0.1, -0.05) is 0 Å². The van der Waals surface area contributed by atoms with E-state index in [9.17, 15) is 15.2 Å². The van der Waals surface area contributed by atoms with Gasteiger partial charge in [-0.3, -0.25) is 9.78 Å².